The zero-order valence-electron chi connectivity index (χ0n) is 29.8. The fourth-order valence-corrected chi connectivity index (χ4v) is 8.40. The zero-order chi connectivity index (χ0) is 34.8. The van der Waals surface area contributed by atoms with Crippen LogP contribution in [0, 0.1) is 62.4 Å². The Kier molecular flexibility index (Phi) is 15.6. The van der Waals surface area contributed by atoms with Gasteiger partial charge in [0, 0.05) is 40.6 Å². The summed E-state index contributed by atoms with van der Waals surface area (Å²) in [4.78, 5) is 2.26. The van der Waals surface area contributed by atoms with E-state index in [0.29, 0.717) is 6.04 Å². The Hall–Kier alpha value is -3.01. The van der Waals surface area contributed by atoms with Crippen molar-refractivity contribution in [1.82, 2.24) is 4.90 Å². The monoisotopic (exact) mass is 727 g/mol. The number of benzene rings is 4. The van der Waals surface area contributed by atoms with Crippen molar-refractivity contribution in [2.75, 3.05) is 42.5 Å². The second kappa shape index (κ2) is 19.6. The fraction of sp³-hybridized carbons (Fsp3) is 0.209. The van der Waals surface area contributed by atoms with Gasteiger partial charge < -0.3 is 23.8 Å². The number of hydrogen-bond donors (Lipinski definition) is 0. The van der Waals surface area contributed by atoms with E-state index in [2.05, 4.69) is 119 Å². The van der Waals surface area contributed by atoms with E-state index in [1.165, 1.54) is 39.2 Å². The van der Waals surface area contributed by atoms with E-state index in [1.54, 1.807) is 28.4 Å². The molecule has 0 aromatic heterocycles. The van der Waals surface area contributed by atoms with Crippen molar-refractivity contribution in [1.29, 1.82) is 0 Å². The summed E-state index contributed by atoms with van der Waals surface area (Å²) in [6.45, 7) is 2.26. The standard InChI is InChI=1S/C23H27NO2P.C20H19O2.Fe/c1-17(24(2)3)22-7-6-8-23(22)27(20-13-9-18(25-4)10-14-20)21-15-11-19(26-5)12-16-21;1-21-18-11-7-16(8-12-18)20(15-5-3-4-6-15)17-9-13-19(22-2)14-10-17;/h6-17H,1-5H3;3-14,20H,1-2H3;/t17-;;/m1../s1. The van der Waals surface area contributed by atoms with E-state index in [-0.39, 0.29) is 23.0 Å². The zero-order valence-corrected chi connectivity index (χ0v) is 31.8. The van der Waals surface area contributed by atoms with Crippen LogP contribution in [-0.4, -0.2) is 53.5 Å². The van der Waals surface area contributed by atoms with Crippen LogP contribution in [0.25, 0.3) is 0 Å². The molecule has 260 valence electrons. The molecule has 2 saturated carbocycles. The van der Waals surface area contributed by atoms with Crippen LogP contribution in [0.2, 0.25) is 0 Å². The maximum atomic E-state index is 5.35. The predicted octanol–water partition coefficient (Wildman–Crippen LogP) is 8.06. The van der Waals surface area contributed by atoms with Crippen LogP contribution < -0.4 is 29.6 Å². The van der Waals surface area contributed by atoms with Gasteiger partial charge in [-0.1, -0.05) is 48.5 Å². The molecule has 0 saturated heterocycles. The van der Waals surface area contributed by atoms with Gasteiger partial charge in [-0.25, -0.2) is 0 Å². The van der Waals surface area contributed by atoms with Gasteiger partial charge in [-0.15, -0.1) is 0 Å². The van der Waals surface area contributed by atoms with Gasteiger partial charge in [0.15, 0.2) is 0 Å². The predicted molar refractivity (Wildman–Crippen MR) is 203 cm³/mol. The summed E-state index contributed by atoms with van der Waals surface area (Å²) >= 11 is 0. The minimum absolute atomic E-state index is 0. The molecule has 4 aromatic rings. The molecule has 4 aromatic carbocycles. The van der Waals surface area contributed by atoms with Crippen molar-refractivity contribution in [3.8, 4) is 23.0 Å². The number of nitrogens with zero attached hydrogens (tertiary/aromatic N) is 1. The molecular weight excluding hydrogens is 681 g/mol. The quantitative estimate of drug-likeness (QED) is 0.109. The topological polar surface area (TPSA) is 40.2 Å². The molecule has 2 aliphatic carbocycles. The molecule has 1 atom stereocenters. The molecule has 0 spiro atoms. The minimum Gasteiger partial charge on any atom is -0.497 e. The second-order valence-electron chi connectivity index (χ2n) is 11.9. The van der Waals surface area contributed by atoms with E-state index < -0.39 is 7.92 Å². The first-order valence-electron chi connectivity index (χ1n) is 16.4. The van der Waals surface area contributed by atoms with Crippen molar-refractivity contribution >= 4 is 18.5 Å². The van der Waals surface area contributed by atoms with Crippen molar-refractivity contribution in [2.45, 2.75) is 18.9 Å². The van der Waals surface area contributed by atoms with Gasteiger partial charge in [0.25, 0.3) is 0 Å². The molecule has 0 N–H and O–H groups in total. The van der Waals surface area contributed by atoms with Crippen LogP contribution in [0.15, 0.2) is 97.1 Å². The van der Waals surface area contributed by atoms with Crippen LogP contribution in [0.4, 0.5) is 0 Å². The number of ether oxygens (including phenoxy) is 4. The van der Waals surface area contributed by atoms with Gasteiger partial charge >= 0.3 is 0 Å². The summed E-state index contributed by atoms with van der Waals surface area (Å²) in [6, 6.07) is 33.8. The molecule has 0 amide bonds. The third-order valence-corrected chi connectivity index (χ3v) is 11.4. The molecule has 5 nitrogen and oxygen atoms in total. The Morgan fingerprint density at radius 1 is 0.500 bits per heavy atom. The first-order valence-corrected chi connectivity index (χ1v) is 17.7. The van der Waals surface area contributed by atoms with E-state index in [4.69, 9.17) is 18.9 Å². The summed E-state index contributed by atoms with van der Waals surface area (Å²) in [5.74, 6) is 6.40. The van der Waals surface area contributed by atoms with Crippen molar-refractivity contribution in [2.24, 2.45) is 0 Å². The summed E-state index contributed by atoms with van der Waals surface area (Å²) in [7, 11) is 10.4. The first-order chi connectivity index (χ1) is 23.9. The van der Waals surface area contributed by atoms with Gasteiger partial charge in [-0.05, 0) is 150 Å². The van der Waals surface area contributed by atoms with E-state index in [1.807, 2.05) is 48.5 Å². The average Bonchev–Trinajstić information content (AvgIpc) is 3.86. The van der Waals surface area contributed by atoms with Crippen LogP contribution in [0.3, 0.4) is 0 Å². The Balaban J connectivity index is 0.000000225. The Labute approximate surface area is 313 Å². The molecule has 10 radical (unpaired) electrons. The molecule has 7 heteroatoms. The summed E-state index contributed by atoms with van der Waals surface area (Å²) < 4.78 is 21.2. The summed E-state index contributed by atoms with van der Waals surface area (Å²) in [5, 5.41) is 2.63. The molecule has 0 unspecified atom stereocenters. The molecule has 6 rings (SSSR count). The van der Waals surface area contributed by atoms with E-state index >= 15 is 0 Å². The van der Waals surface area contributed by atoms with Crippen molar-refractivity contribution in [3.05, 3.63) is 171 Å². The van der Waals surface area contributed by atoms with Gasteiger partial charge in [0.05, 0.1) is 28.4 Å². The molecule has 2 fully saturated rings. The van der Waals surface area contributed by atoms with Gasteiger partial charge in [0.2, 0.25) is 0 Å². The van der Waals surface area contributed by atoms with E-state index in [0.717, 1.165) is 23.0 Å². The Morgan fingerprint density at radius 3 is 1.24 bits per heavy atom. The first kappa shape index (κ1) is 39.8. The van der Waals surface area contributed by atoms with Crippen LogP contribution in [0.5, 0.6) is 23.0 Å². The van der Waals surface area contributed by atoms with Crippen molar-refractivity contribution in [3.63, 3.8) is 0 Å². The number of methoxy groups -OCH3 is 4. The SMILES string of the molecule is COc1ccc(C([C]2[CH][CH][CH][CH]2)c2ccc(OC)cc2)cc1.COc1ccc(P([C]2[CH][CH][CH][C]2[C@@H](C)N(C)C)c2ccc(OC)cc2)cc1.[Fe]. The van der Waals surface area contributed by atoms with Gasteiger partial charge in [0.1, 0.15) is 23.0 Å². The molecule has 2 aliphatic rings. The Morgan fingerprint density at radius 2 is 0.880 bits per heavy atom. The van der Waals surface area contributed by atoms with Crippen LogP contribution in [-0.2, 0) is 17.1 Å². The third kappa shape index (κ3) is 9.85. The molecule has 0 aliphatic heterocycles. The largest absolute Gasteiger partial charge is 0.497 e. The number of hydrogen-bond acceptors (Lipinski definition) is 5. The smallest absolute Gasteiger partial charge is 0.118 e. The van der Waals surface area contributed by atoms with Crippen LogP contribution in [0.1, 0.15) is 24.0 Å². The maximum Gasteiger partial charge on any atom is 0.118 e. The number of rotatable bonds is 12. The normalized spacial score (nSPS) is 15.8. The van der Waals surface area contributed by atoms with Crippen LogP contribution >= 0.6 is 7.92 Å². The second-order valence-corrected chi connectivity index (χ2v) is 14.1. The Bertz CT molecular complexity index is 1450. The third-order valence-electron chi connectivity index (χ3n) is 8.87. The molecular formula is C43H46FeNO4P. The van der Waals surface area contributed by atoms with Gasteiger partial charge in [-0.3, -0.25) is 0 Å². The summed E-state index contributed by atoms with van der Waals surface area (Å²) in [6.07, 6.45) is 15.2. The van der Waals surface area contributed by atoms with Gasteiger partial charge in [-0.2, -0.15) is 0 Å². The molecule has 0 bridgehead atoms. The summed E-state index contributed by atoms with van der Waals surface area (Å²) in [5.41, 5.74) is 3.90. The minimum atomic E-state index is -0.660. The molecule has 0 heterocycles. The average molecular weight is 728 g/mol. The maximum absolute atomic E-state index is 5.35. The molecule has 50 heavy (non-hydrogen) atoms. The van der Waals surface area contributed by atoms with Crippen molar-refractivity contribution < 1.29 is 36.0 Å². The fourth-order valence-electron chi connectivity index (χ4n) is 5.90. The van der Waals surface area contributed by atoms with E-state index in [9.17, 15) is 0 Å².